The van der Waals surface area contributed by atoms with Crippen LogP contribution < -0.4 is 15.0 Å². The lowest BCUT2D eigenvalue weighted by molar-refractivity contribution is -0.136. The van der Waals surface area contributed by atoms with Crippen LogP contribution in [0.5, 0.6) is 5.75 Å². The lowest BCUT2D eigenvalue weighted by atomic mass is 10.1. The molecule has 2 amide bonds. The molecule has 1 saturated heterocycles. The molecule has 29 heavy (non-hydrogen) atoms. The Morgan fingerprint density at radius 3 is 2.45 bits per heavy atom. The Balaban J connectivity index is 1.41. The number of ether oxygens (including phenoxy) is 1. The minimum absolute atomic E-state index is 0.175. The Hall–Kier alpha value is -3.09. The van der Waals surface area contributed by atoms with E-state index in [2.05, 4.69) is 5.32 Å². The number of halogens is 1. The van der Waals surface area contributed by atoms with Crippen LogP contribution in [0.15, 0.2) is 48.5 Å². The summed E-state index contributed by atoms with van der Waals surface area (Å²) in [7, 11) is 1.61. The Morgan fingerprint density at radius 2 is 1.72 bits per heavy atom. The molecule has 1 fully saturated rings. The van der Waals surface area contributed by atoms with Crippen molar-refractivity contribution in [3.8, 4) is 5.75 Å². The van der Waals surface area contributed by atoms with E-state index in [9.17, 15) is 14.0 Å². The maximum atomic E-state index is 13.9. The highest BCUT2D eigenvalue weighted by atomic mass is 19.1. The second-order valence-corrected chi connectivity index (χ2v) is 6.91. The maximum Gasteiger partial charge on any atom is 0.232 e. The first-order valence-electron chi connectivity index (χ1n) is 9.74. The van der Waals surface area contributed by atoms with E-state index in [1.807, 2.05) is 29.2 Å². The van der Waals surface area contributed by atoms with Crippen molar-refractivity contribution in [2.45, 2.75) is 12.8 Å². The van der Waals surface area contributed by atoms with Gasteiger partial charge in [-0.1, -0.05) is 30.3 Å². The first-order chi connectivity index (χ1) is 14.1. The fourth-order valence-electron chi connectivity index (χ4n) is 3.46. The van der Waals surface area contributed by atoms with Gasteiger partial charge in [0.2, 0.25) is 11.8 Å². The first kappa shape index (κ1) is 20.6. The molecule has 1 heterocycles. The van der Waals surface area contributed by atoms with Crippen LogP contribution >= 0.6 is 0 Å². The van der Waals surface area contributed by atoms with Crippen LogP contribution in [0, 0.1) is 5.82 Å². The lowest BCUT2D eigenvalue weighted by Gasteiger charge is -2.36. The SMILES string of the molecule is COc1ccccc1CCNC(=O)CC(=O)N1CCN(c2ccccc2F)CC1. The van der Waals surface area contributed by atoms with Crippen LogP contribution in [0.1, 0.15) is 12.0 Å². The van der Waals surface area contributed by atoms with Crippen LogP contribution in [-0.4, -0.2) is 56.5 Å². The number of amides is 2. The smallest absolute Gasteiger partial charge is 0.232 e. The zero-order valence-corrected chi connectivity index (χ0v) is 16.6. The van der Waals surface area contributed by atoms with Gasteiger partial charge in [0, 0.05) is 32.7 Å². The van der Waals surface area contributed by atoms with Gasteiger partial charge in [0.15, 0.2) is 0 Å². The Morgan fingerprint density at radius 1 is 1.03 bits per heavy atom. The molecular formula is C22H26FN3O3. The van der Waals surface area contributed by atoms with Crippen LogP contribution in [-0.2, 0) is 16.0 Å². The number of carbonyl (C=O) groups is 2. The van der Waals surface area contributed by atoms with Gasteiger partial charge < -0.3 is 19.9 Å². The van der Waals surface area contributed by atoms with Crippen molar-refractivity contribution in [2.24, 2.45) is 0 Å². The molecule has 2 aromatic rings. The zero-order valence-electron chi connectivity index (χ0n) is 16.6. The molecule has 0 atom stereocenters. The third-order valence-electron chi connectivity index (χ3n) is 5.05. The molecule has 1 aliphatic heterocycles. The van der Waals surface area contributed by atoms with E-state index in [1.54, 1.807) is 30.2 Å². The van der Waals surface area contributed by atoms with Crippen LogP contribution in [0.2, 0.25) is 0 Å². The van der Waals surface area contributed by atoms with Crippen molar-refractivity contribution < 1.29 is 18.7 Å². The van der Waals surface area contributed by atoms with Gasteiger partial charge in [0.25, 0.3) is 0 Å². The third kappa shape index (κ3) is 5.47. The number of anilines is 1. The second-order valence-electron chi connectivity index (χ2n) is 6.91. The molecule has 3 rings (SSSR count). The molecule has 154 valence electrons. The summed E-state index contributed by atoms with van der Waals surface area (Å²) in [5.41, 5.74) is 1.56. The van der Waals surface area contributed by atoms with Crippen molar-refractivity contribution in [3.63, 3.8) is 0 Å². The number of carbonyl (C=O) groups excluding carboxylic acids is 2. The first-order valence-corrected chi connectivity index (χ1v) is 9.74. The van der Waals surface area contributed by atoms with E-state index in [0.29, 0.717) is 44.8 Å². The fraction of sp³-hybridized carbons (Fsp3) is 0.364. The van der Waals surface area contributed by atoms with E-state index in [-0.39, 0.29) is 24.1 Å². The molecule has 1 aliphatic rings. The van der Waals surface area contributed by atoms with E-state index in [0.717, 1.165) is 11.3 Å². The van der Waals surface area contributed by atoms with Crippen LogP contribution in [0.3, 0.4) is 0 Å². The zero-order chi connectivity index (χ0) is 20.6. The van der Waals surface area contributed by atoms with Crippen molar-refractivity contribution >= 4 is 17.5 Å². The minimum Gasteiger partial charge on any atom is -0.496 e. The van der Waals surface area contributed by atoms with Gasteiger partial charge >= 0.3 is 0 Å². The number of rotatable bonds is 7. The van der Waals surface area contributed by atoms with Crippen LogP contribution in [0.4, 0.5) is 10.1 Å². The molecule has 7 heteroatoms. The number of nitrogens with one attached hydrogen (secondary N) is 1. The summed E-state index contributed by atoms with van der Waals surface area (Å²) in [6.07, 6.45) is 0.455. The summed E-state index contributed by atoms with van der Waals surface area (Å²) in [5.74, 6) is 0.0293. The van der Waals surface area contributed by atoms with Crippen LogP contribution in [0.25, 0.3) is 0 Å². The molecule has 2 aromatic carbocycles. The monoisotopic (exact) mass is 399 g/mol. The van der Waals surface area contributed by atoms with E-state index >= 15 is 0 Å². The summed E-state index contributed by atoms with van der Waals surface area (Å²) < 4.78 is 19.2. The maximum absolute atomic E-state index is 13.9. The number of methoxy groups -OCH3 is 1. The molecule has 0 unspecified atom stereocenters. The molecule has 0 saturated carbocycles. The molecule has 0 aromatic heterocycles. The lowest BCUT2D eigenvalue weighted by Crippen LogP contribution is -2.49. The Bertz CT molecular complexity index is 851. The highest BCUT2D eigenvalue weighted by molar-refractivity contribution is 5.97. The average molecular weight is 399 g/mol. The number of piperazine rings is 1. The Kier molecular flexibility index (Phi) is 7.05. The number of nitrogens with zero attached hydrogens (tertiary/aromatic N) is 2. The summed E-state index contributed by atoms with van der Waals surface area (Å²) in [6.45, 7) is 2.47. The largest absolute Gasteiger partial charge is 0.496 e. The summed E-state index contributed by atoms with van der Waals surface area (Å²) in [4.78, 5) is 28.1. The molecule has 0 spiro atoms. The standard InChI is InChI=1S/C22H26FN3O3/c1-29-20-9-5-2-6-17(20)10-11-24-21(27)16-22(28)26-14-12-25(13-15-26)19-8-4-3-7-18(19)23/h2-9H,10-16H2,1H3,(H,24,27). The number of benzene rings is 2. The van der Waals surface area contributed by atoms with Gasteiger partial charge in [-0.3, -0.25) is 9.59 Å². The van der Waals surface area contributed by atoms with E-state index < -0.39 is 0 Å². The number of hydrogen-bond donors (Lipinski definition) is 1. The fourth-order valence-corrected chi connectivity index (χ4v) is 3.46. The normalized spacial score (nSPS) is 13.9. The van der Waals surface area contributed by atoms with Crippen molar-refractivity contribution in [1.29, 1.82) is 0 Å². The van der Waals surface area contributed by atoms with Gasteiger partial charge in [0.05, 0.1) is 12.8 Å². The van der Waals surface area contributed by atoms with Crippen molar-refractivity contribution in [3.05, 3.63) is 59.9 Å². The predicted molar refractivity (Wildman–Crippen MR) is 110 cm³/mol. The van der Waals surface area contributed by atoms with Gasteiger partial charge in [-0.2, -0.15) is 0 Å². The highest BCUT2D eigenvalue weighted by Gasteiger charge is 2.24. The van der Waals surface area contributed by atoms with E-state index in [4.69, 9.17) is 4.74 Å². The van der Waals surface area contributed by atoms with Gasteiger partial charge in [-0.05, 0) is 30.2 Å². The predicted octanol–water partition coefficient (Wildman–Crippen LogP) is 2.23. The summed E-state index contributed by atoms with van der Waals surface area (Å²) in [5, 5.41) is 2.79. The molecule has 1 N–H and O–H groups in total. The third-order valence-corrected chi connectivity index (χ3v) is 5.05. The summed E-state index contributed by atoms with van der Waals surface area (Å²) >= 11 is 0. The van der Waals surface area contributed by atoms with Crippen molar-refractivity contribution in [1.82, 2.24) is 10.2 Å². The highest BCUT2D eigenvalue weighted by Crippen LogP contribution is 2.20. The van der Waals surface area contributed by atoms with Gasteiger partial charge in [0.1, 0.15) is 18.0 Å². The molecule has 0 bridgehead atoms. The quantitative estimate of drug-likeness (QED) is 0.726. The minimum atomic E-state index is -0.290. The molecular weight excluding hydrogens is 373 g/mol. The molecule has 0 aliphatic carbocycles. The van der Waals surface area contributed by atoms with E-state index in [1.165, 1.54) is 6.07 Å². The Labute approximate surface area is 170 Å². The van der Waals surface area contributed by atoms with Crippen molar-refractivity contribution in [2.75, 3.05) is 44.7 Å². The summed E-state index contributed by atoms with van der Waals surface area (Å²) in [6, 6.07) is 14.3. The molecule has 0 radical (unpaired) electrons. The number of hydrogen-bond acceptors (Lipinski definition) is 4. The second kappa shape index (κ2) is 9.91. The topological polar surface area (TPSA) is 61.9 Å². The molecule has 6 nitrogen and oxygen atoms in total. The van der Waals surface area contributed by atoms with Gasteiger partial charge in [-0.15, -0.1) is 0 Å². The van der Waals surface area contributed by atoms with Gasteiger partial charge in [-0.25, -0.2) is 4.39 Å². The average Bonchev–Trinajstić information content (AvgIpc) is 2.74. The number of para-hydroxylation sites is 2.